The summed E-state index contributed by atoms with van der Waals surface area (Å²) in [5, 5.41) is 21.2. The maximum atomic E-state index is 12.7. The van der Waals surface area contributed by atoms with Crippen LogP contribution >= 0.6 is 11.3 Å². The standard InChI is InChI=1S/C32H35N3O3S/c1-31(2,3)23-13-11-22(12-14-23)25-16-15-24(34-35-25)21-9-7-20(8-10-21)19-26(30(37)38)33-29(36)27-17-18-28(39-27)32(4,5)6/h7-18,26H,19H2,1-6H3,(H,33,36)(H,37,38)/t26-/m0/s1. The maximum absolute atomic E-state index is 12.7. The van der Waals surface area contributed by atoms with E-state index in [0.717, 1.165) is 33.0 Å². The van der Waals surface area contributed by atoms with E-state index in [9.17, 15) is 14.7 Å². The first kappa shape index (κ1) is 28.2. The molecule has 202 valence electrons. The lowest BCUT2D eigenvalue weighted by Gasteiger charge is -2.19. The summed E-state index contributed by atoms with van der Waals surface area (Å²) in [5.74, 6) is -1.44. The summed E-state index contributed by atoms with van der Waals surface area (Å²) in [6.07, 6.45) is 0.175. The van der Waals surface area contributed by atoms with E-state index < -0.39 is 12.0 Å². The third-order valence-electron chi connectivity index (χ3n) is 6.57. The second-order valence-electron chi connectivity index (χ2n) is 11.8. The third kappa shape index (κ3) is 6.98. The highest BCUT2D eigenvalue weighted by Crippen LogP contribution is 2.30. The minimum Gasteiger partial charge on any atom is -0.480 e. The van der Waals surface area contributed by atoms with Gasteiger partial charge in [0.1, 0.15) is 6.04 Å². The number of aromatic nitrogens is 2. The fourth-order valence-corrected chi connectivity index (χ4v) is 5.09. The largest absolute Gasteiger partial charge is 0.480 e. The average molecular weight is 542 g/mol. The van der Waals surface area contributed by atoms with Gasteiger partial charge in [0.2, 0.25) is 0 Å². The first-order valence-corrected chi connectivity index (χ1v) is 13.8. The van der Waals surface area contributed by atoms with Gasteiger partial charge in [-0.25, -0.2) is 4.79 Å². The van der Waals surface area contributed by atoms with Crippen LogP contribution in [0.5, 0.6) is 0 Å². The molecule has 1 amide bonds. The molecule has 0 bridgehead atoms. The number of carbonyl (C=O) groups is 2. The van der Waals surface area contributed by atoms with Gasteiger partial charge >= 0.3 is 5.97 Å². The lowest BCUT2D eigenvalue weighted by Crippen LogP contribution is -2.42. The third-order valence-corrected chi connectivity index (χ3v) is 8.08. The molecule has 39 heavy (non-hydrogen) atoms. The van der Waals surface area contributed by atoms with Crippen LogP contribution in [0.15, 0.2) is 72.8 Å². The van der Waals surface area contributed by atoms with E-state index in [-0.39, 0.29) is 23.2 Å². The molecule has 0 radical (unpaired) electrons. The zero-order chi connectivity index (χ0) is 28.4. The highest BCUT2D eigenvalue weighted by molar-refractivity contribution is 7.14. The molecule has 0 aliphatic rings. The highest BCUT2D eigenvalue weighted by Gasteiger charge is 2.24. The molecule has 2 N–H and O–H groups in total. The van der Waals surface area contributed by atoms with Crippen molar-refractivity contribution in [2.75, 3.05) is 0 Å². The number of rotatable bonds is 7. The van der Waals surface area contributed by atoms with E-state index >= 15 is 0 Å². The van der Waals surface area contributed by atoms with E-state index in [1.165, 1.54) is 16.9 Å². The molecule has 0 saturated heterocycles. The van der Waals surface area contributed by atoms with Gasteiger partial charge < -0.3 is 10.4 Å². The summed E-state index contributed by atoms with van der Waals surface area (Å²) in [6.45, 7) is 12.8. The van der Waals surface area contributed by atoms with Crippen LogP contribution < -0.4 is 5.32 Å². The van der Waals surface area contributed by atoms with Crippen LogP contribution in [0.3, 0.4) is 0 Å². The van der Waals surface area contributed by atoms with E-state index in [2.05, 4.69) is 81.3 Å². The summed E-state index contributed by atoms with van der Waals surface area (Å²) < 4.78 is 0. The molecule has 0 spiro atoms. The second kappa shape index (κ2) is 11.1. The summed E-state index contributed by atoms with van der Waals surface area (Å²) >= 11 is 1.39. The Balaban J connectivity index is 1.42. The Bertz CT molecular complexity index is 1440. The molecule has 2 heterocycles. The predicted octanol–water partition coefficient (Wildman–Crippen LogP) is 6.89. The number of carboxylic acid groups (broad SMARTS) is 1. The SMILES string of the molecule is CC(C)(C)c1ccc(-c2ccc(-c3ccc(C[C@H](NC(=O)c4ccc(C(C)(C)C)s4)C(=O)O)cc3)nn2)cc1. The van der Waals surface area contributed by atoms with E-state index in [1.807, 2.05) is 42.5 Å². The molecule has 6 nitrogen and oxygen atoms in total. The average Bonchev–Trinajstić information content (AvgIpc) is 3.40. The van der Waals surface area contributed by atoms with E-state index in [4.69, 9.17) is 0 Å². The number of hydrogen-bond acceptors (Lipinski definition) is 5. The zero-order valence-electron chi connectivity index (χ0n) is 23.3. The molecule has 4 rings (SSSR count). The lowest BCUT2D eigenvalue weighted by atomic mass is 9.86. The van der Waals surface area contributed by atoms with Crippen LogP contribution in [-0.4, -0.2) is 33.2 Å². The monoisotopic (exact) mass is 541 g/mol. The van der Waals surface area contributed by atoms with Crippen LogP contribution in [0.4, 0.5) is 0 Å². The van der Waals surface area contributed by atoms with Gasteiger partial charge in [-0.05, 0) is 46.2 Å². The van der Waals surface area contributed by atoms with Crippen LogP contribution in [0.25, 0.3) is 22.5 Å². The van der Waals surface area contributed by atoms with Crippen molar-refractivity contribution in [1.82, 2.24) is 15.5 Å². The molecule has 0 aliphatic heterocycles. The highest BCUT2D eigenvalue weighted by atomic mass is 32.1. The quantitative estimate of drug-likeness (QED) is 0.266. The fourth-order valence-electron chi connectivity index (χ4n) is 4.12. The second-order valence-corrected chi connectivity index (χ2v) is 12.9. The molecule has 2 aromatic heterocycles. The number of nitrogens with one attached hydrogen (secondary N) is 1. The summed E-state index contributed by atoms with van der Waals surface area (Å²) in [5.41, 5.74) is 5.51. The molecular weight excluding hydrogens is 506 g/mol. The number of nitrogens with zero attached hydrogens (tertiary/aromatic N) is 2. The molecule has 0 saturated carbocycles. The fraction of sp³-hybridized carbons (Fsp3) is 0.312. The number of thiophene rings is 1. The van der Waals surface area contributed by atoms with Crippen LogP contribution in [-0.2, 0) is 22.0 Å². The first-order valence-electron chi connectivity index (χ1n) is 13.0. The Hall–Kier alpha value is -3.84. The smallest absolute Gasteiger partial charge is 0.326 e. The number of carboxylic acids is 1. The number of benzene rings is 2. The molecule has 0 unspecified atom stereocenters. The van der Waals surface area contributed by atoms with Crippen molar-refractivity contribution in [1.29, 1.82) is 0 Å². The number of carbonyl (C=O) groups excluding carboxylic acids is 1. The number of hydrogen-bond donors (Lipinski definition) is 2. The van der Waals surface area contributed by atoms with Gasteiger partial charge in [0.05, 0.1) is 16.3 Å². The number of amides is 1. The van der Waals surface area contributed by atoms with Gasteiger partial charge in [-0.1, -0.05) is 90.1 Å². The molecule has 0 aliphatic carbocycles. The Morgan fingerprint density at radius 1 is 0.769 bits per heavy atom. The predicted molar refractivity (Wildman–Crippen MR) is 157 cm³/mol. The van der Waals surface area contributed by atoms with Gasteiger partial charge in [-0.3, -0.25) is 4.79 Å². The minimum atomic E-state index is -1.07. The summed E-state index contributed by atoms with van der Waals surface area (Å²) in [7, 11) is 0. The summed E-state index contributed by atoms with van der Waals surface area (Å²) in [4.78, 5) is 26.2. The Morgan fingerprint density at radius 3 is 1.74 bits per heavy atom. The molecule has 1 atom stereocenters. The van der Waals surface area contributed by atoms with Crippen molar-refractivity contribution < 1.29 is 14.7 Å². The van der Waals surface area contributed by atoms with E-state index in [0.29, 0.717) is 4.88 Å². The Kier molecular flexibility index (Phi) is 8.02. The van der Waals surface area contributed by atoms with Crippen LogP contribution in [0.2, 0.25) is 0 Å². The van der Waals surface area contributed by atoms with Gasteiger partial charge in [0.15, 0.2) is 0 Å². The molecule has 4 aromatic rings. The Labute approximate surface area is 234 Å². The van der Waals surface area contributed by atoms with Crippen molar-refractivity contribution in [2.24, 2.45) is 0 Å². The van der Waals surface area contributed by atoms with Crippen molar-refractivity contribution in [2.45, 2.75) is 64.8 Å². The van der Waals surface area contributed by atoms with Crippen molar-refractivity contribution in [3.63, 3.8) is 0 Å². The number of aliphatic carboxylic acids is 1. The van der Waals surface area contributed by atoms with Crippen molar-refractivity contribution in [3.8, 4) is 22.5 Å². The Morgan fingerprint density at radius 2 is 1.31 bits per heavy atom. The van der Waals surface area contributed by atoms with Gasteiger partial charge in [0, 0.05) is 22.4 Å². The zero-order valence-corrected chi connectivity index (χ0v) is 24.1. The van der Waals surface area contributed by atoms with Gasteiger partial charge in [-0.15, -0.1) is 21.5 Å². The normalized spacial score (nSPS) is 12.7. The van der Waals surface area contributed by atoms with Crippen LogP contribution in [0.1, 0.15) is 67.2 Å². The van der Waals surface area contributed by atoms with E-state index in [1.54, 1.807) is 6.07 Å². The molecule has 0 fully saturated rings. The first-order chi connectivity index (χ1) is 18.3. The van der Waals surface area contributed by atoms with Crippen molar-refractivity contribution >= 4 is 23.2 Å². The molecule has 2 aromatic carbocycles. The summed E-state index contributed by atoms with van der Waals surface area (Å²) in [6, 6.07) is 22.4. The maximum Gasteiger partial charge on any atom is 0.326 e. The lowest BCUT2D eigenvalue weighted by molar-refractivity contribution is -0.139. The molecular formula is C32H35N3O3S. The topological polar surface area (TPSA) is 92.2 Å². The van der Waals surface area contributed by atoms with Gasteiger partial charge in [0.25, 0.3) is 5.91 Å². The van der Waals surface area contributed by atoms with Crippen molar-refractivity contribution in [3.05, 3.63) is 93.7 Å². The van der Waals surface area contributed by atoms with Crippen LogP contribution in [0, 0.1) is 0 Å². The molecule has 7 heteroatoms. The minimum absolute atomic E-state index is 0.0699. The van der Waals surface area contributed by atoms with Gasteiger partial charge in [-0.2, -0.15) is 0 Å².